The van der Waals surface area contributed by atoms with Crippen molar-refractivity contribution in [3.63, 3.8) is 0 Å². The predicted molar refractivity (Wildman–Crippen MR) is 100 cm³/mol. The first kappa shape index (κ1) is 21.4. The summed E-state index contributed by atoms with van der Waals surface area (Å²) in [6.45, 7) is 17.1. The van der Waals surface area contributed by atoms with Gasteiger partial charge in [-0.15, -0.1) is 0 Å². The van der Waals surface area contributed by atoms with Crippen LogP contribution in [0.4, 0.5) is 17.6 Å². The van der Waals surface area contributed by atoms with E-state index in [1.165, 1.54) is 32.1 Å². The Morgan fingerprint density at radius 1 is 0.962 bits per heavy atom. The Hall–Kier alpha value is -2.62. The van der Waals surface area contributed by atoms with Crippen molar-refractivity contribution < 1.29 is 17.6 Å². The molecule has 1 aromatic carbocycles. The highest BCUT2D eigenvalue weighted by Crippen LogP contribution is 2.26. The second-order valence-electron chi connectivity index (χ2n) is 6.07. The molecule has 0 aliphatic heterocycles. The van der Waals surface area contributed by atoms with Gasteiger partial charge in [0.1, 0.15) is 0 Å². The maximum Gasteiger partial charge on any atom is 0.166 e. The van der Waals surface area contributed by atoms with Gasteiger partial charge < -0.3 is 0 Å². The van der Waals surface area contributed by atoms with Crippen molar-refractivity contribution in [2.75, 3.05) is 0 Å². The van der Waals surface area contributed by atoms with E-state index in [1.807, 2.05) is 0 Å². The topological polar surface area (TPSA) is 0 Å². The first-order chi connectivity index (χ1) is 12.1. The molecule has 1 aromatic rings. The average Bonchev–Trinajstić information content (AvgIpc) is 2.61. The summed E-state index contributed by atoms with van der Waals surface area (Å²) in [6, 6.07) is 3.05. The van der Waals surface area contributed by atoms with Gasteiger partial charge in [-0.25, -0.2) is 17.6 Å². The zero-order valence-corrected chi connectivity index (χ0v) is 15.1. The Morgan fingerprint density at radius 2 is 1.58 bits per heavy atom. The van der Waals surface area contributed by atoms with Crippen molar-refractivity contribution in [3.8, 4) is 0 Å². The van der Waals surface area contributed by atoms with E-state index in [0.717, 1.165) is 0 Å². The Kier molecular flexibility index (Phi) is 7.56. The number of hydrogen-bond donors (Lipinski definition) is 0. The Bertz CT molecular complexity index is 823. The van der Waals surface area contributed by atoms with Crippen molar-refractivity contribution in [1.29, 1.82) is 0 Å². The summed E-state index contributed by atoms with van der Waals surface area (Å²) in [4.78, 5) is 0. The molecule has 0 amide bonds. The maximum absolute atomic E-state index is 13.8. The van der Waals surface area contributed by atoms with Gasteiger partial charge in [-0.05, 0) is 49.0 Å². The quantitative estimate of drug-likeness (QED) is 0.340. The lowest BCUT2D eigenvalue weighted by atomic mass is 10.0. The Balaban J connectivity index is 2.72. The molecule has 0 aliphatic carbocycles. The van der Waals surface area contributed by atoms with Gasteiger partial charge in [0.2, 0.25) is 0 Å². The Labute approximate surface area is 152 Å². The molecule has 0 aromatic heterocycles. The molecule has 0 atom stereocenters. The molecule has 0 bridgehead atoms. The Morgan fingerprint density at radius 3 is 2.15 bits per heavy atom. The molecule has 0 nitrogen and oxygen atoms in total. The lowest BCUT2D eigenvalue weighted by Gasteiger charge is -2.07. The summed E-state index contributed by atoms with van der Waals surface area (Å²) in [7, 11) is 0. The molecule has 26 heavy (non-hydrogen) atoms. The molecule has 0 unspecified atom stereocenters. The molecular weight excluding hydrogens is 340 g/mol. The highest BCUT2D eigenvalue weighted by molar-refractivity contribution is 5.50. The number of allylic oxidation sites excluding steroid dienone is 8. The van der Waals surface area contributed by atoms with E-state index in [9.17, 15) is 17.6 Å². The number of benzene rings is 1. The van der Waals surface area contributed by atoms with Gasteiger partial charge in [0.25, 0.3) is 0 Å². The van der Waals surface area contributed by atoms with E-state index < -0.39 is 23.3 Å². The SMILES string of the molecule is C=C(/C=C\C(=C)C(=C)/C(F)=C(/F)C(=C)C)CCc1ccc(C)c(F)c1F. The lowest BCUT2D eigenvalue weighted by molar-refractivity contribution is 0.493. The van der Waals surface area contributed by atoms with Crippen LogP contribution < -0.4 is 0 Å². The minimum atomic E-state index is -1.12. The molecule has 0 saturated heterocycles. The molecule has 0 N–H and O–H groups in total. The molecule has 0 heterocycles. The number of hydrogen-bond acceptors (Lipinski definition) is 0. The van der Waals surface area contributed by atoms with Crippen LogP contribution in [0.3, 0.4) is 0 Å². The zero-order chi connectivity index (χ0) is 20.0. The molecule has 0 saturated carbocycles. The smallest absolute Gasteiger partial charge is 0.166 e. The van der Waals surface area contributed by atoms with E-state index in [0.29, 0.717) is 12.0 Å². The lowest BCUT2D eigenvalue weighted by Crippen LogP contribution is -1.97. The zero-order valence-electron chi connectivity index (χ0n) is 15.1. The van der Waals surface area contributed by atoms with Gasteiger partial charge in [0.15, 0.2) is 23.3 Å². The third-order valence-corrected chi connectivity index (χ3v) is 3.81. The first-order valence-electron chi connectivity index (χ1n) is 7.95. The van der Waals surface area contributed by atoms with Crippen LogP contribution in [0, 0.1) is 18.6 Å². The van der Waals surface area contributed by atoms with E-state index in [1.54, 1.807) is 6.08 Å². The third-order valence-electron chi connectivity index (χ3n) is 3.81. The summed E-state index contributed by atoms with van der Waals surface area (Å²) < 4.78 is 54.8. The molecule has 4 heteroatoms. The second-order valence-corrected chi connectivity index (χ2v) is 6.07. The van der Waals surface area contributed by atoms with Gasteiger partial charge >= 0.3 is 0 Å². The van der Waals surface area contributed by atoms with Crippen LogP contribution in [-0.2, 0) is 6.42 Å². The summed E-state index contributed by atoms with van der Waals surface area (Å²) in [5.41, 5.74) is 1.04. The molecular formula is C22H22F4. The first-order valence-corrected chi connectivity index (χ1v) is 7.95. The fourth-order valence-corrected chi connectivity index (χ4v) is 2.04. The molecule has 1 rings (SSSR count). The maximum atomic E-state index is 13.8. The normalized spacial score (nSPS) is 12.1. The highest BCUT2D eigenvalue weighted by atomic mass is 19.2. The minimum Gasteiger partial charge on any atom is -0.203 e. The van der Waals surface area contributed by atoms with Crippen molar-refractivity contribution in [3.05, 3.63) is 107 Å². The van der Waals surface area contributed by atoms with Crippen LogP contribution in [0.5, 0.6) is 0 Å². The van der Waals surface area contributed by atoms with Crippen LogP contribution in [0.1, 0.15) is 24.5 Å². The van der Waals surface area contributed by atoms with Crippen molar-refractivity contribution in [1.82, 2.24) is 0 Å². The molecule has 0 fully saturated rings. The van der Waals surface area contributed by atoms with Gasteiger partial charge in [-0.1, -0.05) is 56.2 Å². The van der Waals surface area contributed by atoms with Crippen LogP contribution >= 0.6 is 0 Å². The minimum absolute atomic E-state index is 0.0443. The van der Waals surface area contributed by atoms with Crippen LogP contribution in [0.15, 0.2) is 84.5 Å². The summed E-state index contributed by atoms with van der Waals surface area (Å²) in [5, 5.41) is 0. The second kappa shape index (κ2) is 9.18. The van der Waals surface area contributed by atoms with E-state index in [2.05, 4.69) is 26.3 Å². The van der Waals surface area contributed by atoms with E-state index >= 15 is 0 Å². The molecule has 0 radical (unpaired) electrons. The molecule has 138 valence electrons. The van der Waals surface area contributed by atoms with Gasteiger partial charge in [0.05, 0.1) is 0 Å². The van der Waals surface area contributed by atoms with Crippen LogP contribution in [-0.4, -0.2) is 0 Å². The summed E-state index contributed by atoms with van der Waals surface area (Å²) >= 11 is 0. The van der Waals surface area contributed by atoms with Crippen molar-refractivity contribution in [2.45, 2.75) is 26.7 Å². The molecule has 0 spiro atoms. The van der Waals surface area contributed by atoms with Crippen molar-refractivity contribution >= 4 is 0 Å². The van der Waals surface area contributed by atoms with Gasteiger partial charge in [-0.3, -0.25) is 0 Å². The standard InChI is InChI=1S/C22H22F4/c1-13(2)19(23)21(25)17(6)15(4)9-7-14(3)8-11-18-12-10-16(5)20(24)22(18)26/h7,9-10,12H,1,3-4,6,8,11H2,2,5H3/b9-7-,21-19-. The number of aryl methyl sites for hydroxylation is 2. The number of rotatable bonds is 8. The van der Waals surface area contributed by atoms with E-state index in [-0.39, 0.29) is 34.3 Å². The van der Waals surface area contributed by atoms with E-state index in [4.69, 9.17) is 0 Å². The molecule has 0 aliphatic rings. The van der Waals surface area contributed by atoms with Gasteiger partial charge in [-0.2, -0.15) is 0 Å². The highest BCUT2D eigenvalue weighted by Gasteiger charge is 2.13. The van der Waals surface area contributed by atoms with Gasteiger partial charge in [0, 0.05) is 5.57 Å². The fourth-order valence-electron chi connectivity index (χ4n) is 2.04. The van der Waals surface area contributed by atoms with Crippen LogP contribution in [0.25, 0.3) is 0 Å². The summed E-state index contributed by atoms with van der Waals surface area (Å²) in [6.07, 6.45) is 3.64. The third kappa shape index (κ3) is 5.45. The average molecular weight is 362 g/mol. The largest absolute Gasteiger partial charge is 0.203 e. The summed E-state index contributed by atoms with van der Waals surface area (Å²) in [5.74, 6) is -3.90. The predicted octanol–water partition coefficient (Wildman–Crippen LogP) is 7.16. The van der Waals surface area contributed by atoms with Crippen LogP contribution in [0.2, 0.25) is 0 Å². The number of halogens is 4. The fraction of sp³-hybridized carbons (Fsp3) is 0.182. The van der Waals surface area contributed by atoms with Crippen molar-refractivity contribution in [2.24, 2.45) is 0 Å². The monoisotopic (exact) mass is 362 g/mol.